The molecule has 1 amide bonds. The van der Waals surface area contributed by atoms with Crippen LogP contribution in [0.1, 0.15) is 367 Å². The summed E-state index contributed by atoms with van der Waals surface area (Å²) in [6, 6.07) is -0.849. The van der Waals surface area contributed by atoms with Gasteiger partial charge >= 0.3 is 13.8 Å². The lowest BCUT2D eigenvalue weighted by molar-refractivity contribution is -0.870. The van der Waals surface area contributed by atoms with Gasteiger partial charge in [0.1, 0.15) is 19.3 Å². The minimum atomic E-state index is -4.46. The molecule has 0 radical (unpaired) electrons. The molecule has 500 valence electrons. The van der Waals surface area contributed by atoms with E-state index in [2.05, 4.69) is 68.6 Å². The third-order valence-electron chi connectivity index (χ3n) is 16.8. The zero-order valence-corrected chi connectivity index (χ0v) is 58.3. The van der Waals surface area contributed by atoms with Crippen LogP contribution < -0.4 is 5.32 Å². The zero-order chi connectivity index (χ0) is 62.1. The predicted octanol–water partition coefficient (Wildman–Crippen LogP) is 23.6. The molecular weight excluding hydrogens is 1070 g/mol. The van der Waals surface area contributed by atoms with E-state index in [1.807, 2.05) is 27.2 Å². The number of amides is 1. The highest BCUT2D eigenvalue weighted by Crippen LogP contribution is 2.43. The number of esters is 1. The first-order valence-corrected chi connectivity index (χ1v) is 38.5. The Bertz CT molecular complexity index is 1590. The molecule has 0 aromatic carbocycles. The maximum atomic E-state index is 13.6. The lowest BCUT2D eigenvalue weighted by Gasteiger charge is -2.27. The second kappa shape index (κ2) is 64.9. The highest BCUT2D eigenvalue weighted by molar-refractivity contribution is 7.47. The molecule has 0 aliphatic rings. The van der Waals surface area contributed by atoms with Crippen LogP contribution in [-0.4, -0.2) is 74.3 Å². The maximum absolute atomic E-state index is 13.6. The second-order valence-corrected chi connectivity index (χ2v) is 27.9. The molecule has 3 unspecified atom stereocenters. The number of nitrogens with zero attached hydrogens (tertiary/aromatic N) is 1. The van der Waals surface area contributed by atoms with Crippen LogP contribution in [0.4, 0.5) is 0 Å². The number of carbonyl (C=O) groups excluding carboxylic acids is 2. The standard InChI is InChI=1S/C75H143N2O7P/c1-7-10-13-16-19-22-25-28-30-32-34-36-38-40-42-44-46-49-52-55-58-61-64-67-74(78)76-72(71-83-85(80,81)82-70-69-77(4,5)6)73(66-63-60-57-54-51-48-27-24-21-18-15-12-9-3)84-75(79)68-65-62-59-56-53-50-47-45-43-41-39-37-35-33-31-29-26-23-20-17-14-11-8-2/h20,23,29,31,35,37,63,66,72-73H,7-19,21-22,24-28,30,32-34,36,38-62,64-65,67-71H2,1-6H3,(H-,76,78,80,81)/p+1/b23-20-,31-29-,37-35-,66-63+. The van der Waals surface area contributed by atoms with Crippen molar-refractivity contribution in [3.05, 3.63) is 48.6 Å². The smallest absolute Gasteiger partial charge is 0.456 e. The monoisotopic (exact) mass is 1220 g/mol. The van der Waals surface area contributed by atoms with E-state index in [0.717, 1.165) is 70.6 Å². The second-order valence-electron chi connectivity index (χ2n) is 26.5. The molecule has 0 bridgehead atoms. The molecule has 10 heteroatoms. The van der Waals surface area contributed by atoms with Crippen molar-refractivity contribution in [1.82, 2.24) is 5.32 Å². The fourth-order valence-corrected chi connectivity index (χ4v) is 11.8. The summed E-state index contributed by atoms with van der Waals surface area (Å²) in [4.78, 5) is 38.0. The van der Waals surface area contributed by atoms with Crippen molar-refractivity contribution in [2.75, 3.05) is 40.9 Å². The summed E-state index contributed by atoms with van der Waals surface area (Å²) >= 11 is 0. The van der Waals surface area contributed by atoms with E-state index in [9.17, 15) is 19.0 Å². The van der Waals surface area contributed by atoms with Crippen molar-refractivity contribution >= 4 is 19.7 Å². The number of carbonyl (C=O) groups is 2. The molecule has 0 spiro atoms. The molecule has 0 saturated carbocycles. The number of rotatable bonds is 68. The number of phosphoric acid groups is 1. The Balaban J connectivity index is 5.06. The Morgan fingerprint density at radius 1 is 0.412 bits per heavy atom. The number of likely N-dealkylation sites (N-methyl/N-ethyl adjacent to an activating group) is 1. The van der Waals surface area contributed by atoms with E-state index in [0.29, 0.717) is 17.4 Å². The average molecular weight is 1220 g/mol. The predicted molar refractivity (Wildman–Crippen MR) is 369 cm³/mol. The summed E-state index contributed by atoms with van der Waals surface area (Å²) in [5.74, 6) is -0.490. The average Bonchev–Trinajstić information content (AvgIpc) is 3.52. The molecule has 0 aromatic rings. The summed E-state index contributed by atoms with van der Waals surface area (Å²) in [6.07, 6.45) is 82.7. The van der Waals surface area contributed by atoms with Crippen LogP contribution >= 0.6 is 7.82 Å². The van der Waals surface area contributed by atoms with Crippen LogP contribution in [0, 0.1) is 0 Å². The van der Waals surface area contributed by atoms with Gasteiger partial charge in [0.05, 0.1) is 33.8 Å². The van der Waals surface area contributed by atoms with Gasteiger partial charge in [0, 0.05) is 12.8 Å². The summed E-state index contributed by atoms with van der Waals surface area (Å²) < 4.78 is 30.9. The van der Waals surface area contributed by atoms with E-state index in [4.69, 9.17) is 13.8 Å². The summed E-state index contributed by atoms with van der Waals surface area (Å²) in [6.45, 7) is 7.05. The van der Waals surface area contributed by atoms with Gasteiger partial charge in [-0.3, -0.25) is 18.6 Å². The van der Waals surface area contributed by atoms with E-state index in [1.165, 1.54) is 263 Å². The molecule has 0 heterocycles. The number of hydrogen-bond acceptors (Lipinski definition) is 6. The van der Waals surface area contributed by atoms with Crippen molar-refractivity contribution in [1.29, 1.82) is 0 Å². The van der Waals surface area contributed by atoms with Gasteiger partial charge in [-0.2, -0.15) is 0 Å². The molecule has 0 aliphatic carbocycles. The molecule has 0 rings (SSSR count). The first-order chi connectivity index (χ1) is 41.4. The third kappa shape index (κ3) is 66.2. The molecule has 0 saturated heterocycles. The number of phosphoric ester groups is 1. The van der Waals surface area contributed by atoms with Gasteiger partial charge < -0.3 is 19.4 Å². The van der Waals surface area contributed by atoms with E-state index >= 15 is 0 Å². The normalized spacial score (nSPS) is 13.7. The van der Waals surface area contributed by atoms with E-state index in [-0.39, 0.29) is 31.5 Å². The molecule has 0 fully saturated rings. The number of nitrogens with one attached hydrogen (secondary N) is 1. The Kier molecular flexibility index (Phi) is 63.4. The third-order valence-corrected chi connectivity index (χ3v) is 17.8. The van der Waals surface area contributed by atoms with Crippen molar-refractivity contribution in [2.24, 2.45) is 0 Å². The highest BCUT2D eigenvalue weighted by atomic mass is 31.2. The molecule has 0 aliphatic heterocycles. The van der Waals surface area contributed by atoms with Crippen LogP contribution in [0.5, 0.6) is 0 Å². The first kappa shape index (κ1) is 83.0. The molecule has 2 N–H and O–H groups in total. The van der Waals surface area contributed by atoms with Gasteiger partial charge in [0.25, 0.3) is 0 Å². The highest BCUT2D eigenvalue weighted by Gasteiger charge is 2.30. The van der Waals surface area contributed by atoms with E-state index < -0.39 is 20.0 Å². The molecule has 85 heavy (non-hydrogen) atoms. The number of allylic oxidation sites excluding steroid dienone is 7. The van der Waals surface area contributed by atoms with Crippen LogP contribution in [-0.2, 0) is 27.9 Å². The van der Waals surface area contributed by atoms with Crippen LogP contribution in [0.2, 0.25) is 0 Å². The van der Waals surface area contributed by atoms with Gasteiger partial charge in [0.2, 0.25) is 5.91 Å². The fraction of sp³-hybridized carbons (Fsp3) is 0.867. The number of ether oxygens (including phenoxy) is 1. The first-order valence-electron chi connectivity index (χ1n) is 37.0. The van der Waals surface area contributed by atoms with Crippen molar-refractivity contribution in [3.63, 3.8) is 0 Å². The zero-order valence-electron chi connectivity index (χ0n) is 57.4. The largest absolute Gasteiger partial charge is 0.472 e. The SMILES string of the molecule is CCCCC/C=C\C/C=C\C/C=C\CCCCCCCCCCCCC(=O)OC(/C=C/CCCCCCCCCCCCC)C(COP(=O)(O)OCC[N+](C)(C)C)NC(=O)CCCCCCCCCCCCCCCCCCCCCCCCC. The Morgan fingerprint density at radius 3 is 1.09 bits per heavy atom. The van der Waals surface area contributed by atoms with Crippen molar-refractivity contribution < 1.29 is 37.3 Å². The van der Waals surface area contributed by atoms with Crippen LogP contribution in [0.25, 0.3) is 0 Å². The quantitative estimate of drug-likeness (QED) is 0.0205. The lowest BCUT2D eigenvalue weighted by atomic mass is 10.0. The molecule has 3 atom stereocenters. The number of hydrogen-bond donors (Lipinski definition) is 2. The summed E-state index contributed by atoms with van der Waals surface area (Å²) in [5, 5.41) is 3.08. The summed E-state index contributed by atoms with van der Waals surface area (Å²) in [5.41, 5.74) is 0. The topological polar surface area (TPSA) is 111 Å². The van der Waals surface area contributed by atoms with Gasteiger partial charge in [0.15, 0.2) is 0 Å². The lowest BCUT2D eigenvalue weighted by Crippen LogP contribution is -2.47. The Hall–Kier alpha value is -2.03. The molecule has 0 aromatic heterocycles. The molecule has 9 nitrogen and oxygen atoms in total. The minimum absolute atomic E-state index is 0.0416. The van der Waals surface area contributed by atoms with E-state index in [1.54, 1.807) is 0 Å². The fourth-order valence-electron chi connectivity index (χ4n) is 11.1. The Labute approximate surface area is 529 Å². The Morgan fingerprint density at radius 2 is 0.718 bits per heavy atom. The number of quaternary nitrogens is 1. The maximum Gasteiger partial charge on any atom is 0.472 e. The van der Waals surface area contributed by atoms with Crippen LogP contribution in [0.3, 0.4) is 0 Å². The van der Waals surface area contributed by atoms with Gasteiger partial charge in [-0.15, -0.1) is 0 Å². The van der Waals surface area contributed by atoms with Gasteiger partial charge in [-0.25, -0.2) is 4.57 Å². The van der Waals surface area contributed by atoms with Crippen molar-refractivity contribution in [2.45, 2.75) is 380 Å². The van der Waals surface area contributed by atoms with Gasteiger partial charge in [-0.05, 0) is 70.3 Å². The minimum Gasteiger partial charge on any atom is -0.456 e. The summed E-state index contributed by atoms with van der Waals surface area (Å²) in [7, 11) is 1.51. The number of unbranched alkanes of at least 4 members (excludes halogenated alkanes) is 46. The van der Waals surface area contributed by atoms with Crippen molar-refractivity contribution in [3.8, 4) is 0 Å². The molecular formula is C75H144N2O7P+. The van der Waals surface area contributed by atoms with Crippen LogP contribution in [0.15, 0.2) is 48.6 Å². The van der Waals surface area contributed by atoms with Gasteiger partial charge in [-0.1, -0.05) is 333 Å².